The molecule has 1 saturated heterocycles. The van der Waals surface area contributed by atoms with E-state index in [1.54, 1.807) is 0 Å². The number of carbonyl (C=O) groups is 1. The van der Waals surface area contributed by atoms with Crippen molar-refractivity contribution in [2.75, 3.05) is 19.7 Å². The van der Waals surface area contributed by atoms with E-state index in [4.69, 9.17) is 4.74 Å². The van der Waals surface area contributed by atoms with E-state index in [-0.39, 0.29) is 12.0 Å². The first-order valence-corrected chi connectivity index (χ1v) is 7.26. The van der Waals surface area contributed by atoms with Crippen molar-refractivity contribution < 1.29 is 9.53 Å². The smallest absolute Gasteiger partial charge is 0.270 e. The summed E-state index contributed by atoms with van der Waals surface area (Å²) in [7, 11) is 0. The molecule has 0 saturated carbocycles. The summed E-state index contributed by atoms with van der Waals surface area (Å²) in [4.78, 5) is 17.7. The first kappa shape index (κ1) is 13.2. The number of H-pyrrole nitrogens is 1. The standard InChI is InChI=1S/C16H20N2O2/c1-2-20-13-7-5-9-18(11-13)16(19)15-10-12-6-3-4-8-14(12)17-15/h3-4,6,8,10,13,17H,2,5,7,9,11H2,1H3/t13-/m1/s1. The summed E-state index contributed by atoms with van der Waals surface area (Å²) in [6, 6.07) is 9.89. The van der Waals surface area contributed by atoms with Crippen LogP contribution in [-0.4, -0.2) is 41.6 Å². The normalized spacial score (nSPS) is 19.4. The second-order valence-corrected chi connectivity index (χ2v) is 5.24. The Morgan fingerprint density at radius 1 is 1.45 bits per heavy atom. The Kier molecular flexibility index (Phi) is 3.74. The summed E-state index contributed by atoms with van der Waals surface area (Å²) in [6.07, 6.45) is 2.24. The summed E-state index contributed by atoms with van der Waals surface area (Å²) < 4.78 is 5.65. The van der Waals surface area contributed by atoms with E-state index in [0.29, 0.717) is 18.8 Å². The molecule has 0 unspecified atom stereocenters. The number of piperidine rings is 1. The number of fused-ring (bicyclic) bond motifs is 1. The number of carbonyl (C=O) groups excluding carboxylic acids is 1. The lowest BCUT2D eigenvalue weighted by Crippen LogP contribution is -2.43. The zero-order chi connectivity index (χ0) is 13.9. The van der Waals surface area contributed by atoms with E-state index in [0.717, 1.165) is 30.3 Å². The van der Waals surface area contributed by atoms with Gasteiger partial charge in [0.1, 0.15) is 5.69 Å². The highest BCUT2D eigenvalue weighted by atomic mass is 16.5. The minimum absolute atomic E-state index is 0.0746. The van der Waals surface area contributed by atoms with Crippen molar-refractivity contribution in [3.63, 3.8) is 0 Å². The molecule has 1 fully saturated rings. The molecule has 1 amide bonds. The molecule has 4 heteroatoms. The summed E-state index contributed by atoms with van der Waals surface area (Å²) in [5.41, 5.74) is 1.68. The molecule has 2 heterocycles. The van der Waals surface area contributed by atoms with Crippen molar-refractivity contribution in [3.8, 4) is 0 Å². The van der Waals surface area contributed by atoms with Gasteiger partial charge in [-0.05, 0) is 31.9 Å². The molecule has 2 aromatic rings. The molecule has 1 aliphatic rings. The molecule has 0 aliphatic carbocycles. The van der Waals surface area contributed by atoms with Gasteiger partial charge in [-0.1, -0.05) is 18.2 Å². The summed E-state index contributed by atoms with van der Waals surface area (Å²) >= 11 is 0. The topological polar surface area (TPSA) is 45.3 Å². The maximum absolute atomic E-state index is 12.6. The predicted octanol–water partition coefficient (Wildman–Crippen LogP) is 2.81. The van der Waals surface area contributed by atoms with Gasteiger partial charge in [0.15, 0.2) is 0 Å². The van der Waals surface area contributed by atoms with Crippen molar-refractivity contribution in [2.24, 2.45) is 0 Å². The van der Waals surface area contributed by atoms with Gasteiger partial charge >= 0.3 is 0 Å². The Hall–Kier alpha value is -1.81. The molecular weight excluding hydrogens is 252 g/mol. The third kappa shape index (κ3) is 2.56. The van der Waals surface area contributed by atoms with Crippen LogP contribution in [0.4, 0.5) is 0 Å². The van der Waals surface area contributed by atoms with Crippen molar-refractivity contribution in [1.82, 2.24) is 9.88 Å². The number of nitrogens with one attached hydrogen (secondary N) is 1. The number of amides is 1. The van der Waals surface area contributed by atoms with Crippen LogP contribution in [0, 0.1) is 0 Å². The number of rotatable bonds is 3. The Labute approximate surface area is 118 Å². The number of aromatic amines is 1. The van der Waals surface area contributed by atoms with Crippen LogP contribution in [0.15, 0.2) is 30.3 Å². The molecule has 4 nitrogen and oxygen atoms in total. The van der Waals surface area contributed by atoms with E-state index >= 15 is 0 Å². The SMILES string of the molecule is CCO[C@@H]1CCCN(C(=O)c2cc3ccccc3[nH]2)C1. The van der Waals surface area contributed by atoms with Crippen LogP contribution < -0.4 is 0 Å². The van der Waals surface area contributed by atoms with E-state index in [2.05, 4.69) is 4.98 Å². The molecular formula is C16H20N2O2. The monoisotopic (exact) mass is 272 g/mol. The molecule has 106 valence electrons. The summed E-state index contributed by atoms with van der Waals surface area (Å²) in [5, 5.41) is 1.08. The summed E-state index contributed by atoms with van der Waals surface area (Å²) in [6.45, 7) is 4.22. The van der Waals surface area contributed by atoms with Gasteiger partial charge in [0.2, 0.25) is 0 Å². The lowest BCUT2D eigenvalue weighted by molar-refractivity contribution is 0.00707. The van der Waals surface area contributed by atoms with Crippen LogP contribution in [0.1, 0.15) is 30.3 Å². The second kappa shape index (κ2) is 5.67. The second-order valence-electron chi connectivity index (χ2n) is 5.24. The third-order valence-corrected chi connectivity index (χ3v) is 3.83. The first-order valence-electron chi connectivity index (χ1n) is 7.26. The fraction of sp³-hybridized carbons (Fsp3) is 0.438. The quantitative estimate of drug-likeness (QED) is 0.933. The molecule has 1 atom stereocenters. The Morgan fingerprint density at radius 2 is 2.30 bits per heavy atom. The fourth-order valence-corrected chi connectivity index (χ4v) is 2.85. The zero-order valence-electron chi connectivity index (χ0n) is 11.8. The highest BCUT2D eigenvalue weighted by molar-refractivity contribution is 5.98. The maximum atomic E-state index is 12.6. The number of aromatic nitrogens is 1. The number of para-hydroxylation sites is 1. The van der Waals surface area contributed by atoms with E-state index < -0.39 is 0 Å². The van der Waals surface area contributed by atoms with Crippen molar-refractivity contribution in [3.05, 3.63) is 36.0 Å². The molecule has 0 spiro atoms. The van der Waals surface area contributed by atoms with Gasteiger partial charge in [-0.2, -0.15) is 0 Å². The predicted molar refractivity (Wildman–Crippen MR) is 78.9 cm³/mol. The van der Waals surface area contributed by atoms with Crippen LogP contribution in [0.3, 0.4) is 0 Å². The van der Waals surface area contributed by atoms with Crippen molar-refractivity contribution in [1.29, 1.82) is 0 Å². The average Bonchev–Trinajstić information content (AvgIpc) is 2.91. The average molecular weight is 272 g/mol. The lowest BCUT2D eigenvalue weighted by atomic mass is 10.1. The zero-order valence-corrected chi connectivity index (χ0v) is 11.8. The Bertz CT molecular complexity index is 570. The highest BCUT2D eigenvalue weighted by Crippen LogP contribution is 2.19. The molecule has 0 radical (unpaired) electrons. The van der Waals surface area contributed by atoms with Crippen LogP contribution in [0.2, 0.25) is 0 Å². The number of benzene rings is 1. The minimum Gasteiger partial charge on any atom is -0.377 e. The Balaban J connectivity index is 1.77. The Morgan fingerprint density at radius 3 is 3.10 bits per heavy atom. The molecule has 1 aliphatic heterocycles. The lowest BCUT2D eigenvalue weighted by Gasteiger charge is -2.32. The molecule has 20 heavy (non-hydrogen) atoms. The maximum Gasteiger partial charge on any atom is 0.270 e. The van der Waals surface area contributed by atoms with Crippen LogP contribution >= 0.6 is 0 Å². The first-order chi connectivity index (χ1) is 9.78. The van der Waals surface area contributed by atoms with Crippen molar-refractivity contribution >= 4 is 16.8 Å². The van der Waals surface area contributed by atoms with E-state index in [1.165, 1.54) is 0 Å². The van der Waals surface area contributed by atoms with E-state index in [9.17, 15) is 4.79 Å². The van der Waals surface area contributed by atoms with Crippen LogP contribution in [0.5, 0.6) is 0 Å². The number of nitrogens with zero attached hydrogens (tertiary/aromatic N) is 1. The molecule has 1 N–H and O–H groups in total. The van der Waals surface area contributed by atoms with Crippen LogP contribution in [0.25, 0.3) is 10.9 Å². The van der Waals surface area contributed by atoms with Gasteiger partial charge in [-0.15, -0.1) is 0 Å². The van der Waals surface area contributed by atoms with E-state index in [1.807, 2.05) is 42.2 Å². The van der Waals surface area contributed by atoms with Crippen molar-refractivity contribution in [2.45, 2.75) is 25.9 Å². The number of hydrogen-bond donors (Lipinski definition) is 1. The largest absolute Gasteiger partial charge is 0.377 e. The van der Waals surface area contributed by atoms with Gasteiger partial charge in [0.05, 0.1) is 6.10 Å². The van der Waals surface area contributed by atoms with Gasteiger partial charge in [-0.25, -0.2) is 0 Å². The molecule has 1 aromatic heterocycles. The molecule has 3 rings (SSSR count). The minimum atomic E-state index is 0.0746. The van der Waals surface area contributed by atoms with Crippen LogP contribution in [-0.2, 0) is 4.74 Å². The highest BCUT2D eigenvalue weighted by Gasteiger charge is 2.25. The molecule has 1 aromatic carbocycles. The number of likely N-dealkylation sites (tertiary alicyclic amines) is 1. The fourth-order valence-electron chi connectivity index (χ4n) is 2.85. The number of hydrogen-bond acceptors (Lipinski definition) is 2. The summed E-state index contributed by atoms with van der Waals surface area (Å²) in [5.74, 6) is 0.0746. The van der Waals surface area contributed by atoms with Gasteiger partial charge in [0.25, 0.3) is 5.91 Å². The van der Waals surface area contributed by atoms with Gasteiger partial charge in [-0.3, -0.25) is 4.79 Å². The number of ether oxygens (including phenoxy) is 1. The molecule has 0 bridgehead atoms. The third-order valence-electron chi connectivity index (χ3n) is 3.83. The van der Waals surface area contributed by atoms with Gasteiger partial charge < -0.3 is 14.6 Å². The van der Waals surface area contributed by atoms with Gasteiger partial charge in [0, 0.05) is 30.6 Å².